The molecule has 1 aromatic carbocycles. The minimum absolute atomic E-state index is 0.0868. The second kappa shape index (κ2) is 6.67. The second-order valence-electron chi connectivity index (χ2n) is 3.47. The van der Waals surface area contributed by atoms with Gasteiger partial charge in [0.25, 0.3) is 5.91 Å². The maximum atomic E-state index is 11.8. The SMILES string of the molecule is CCO/C=C(\C#N)C(=O)Nc1cccc(Cl)c1C. The van der Waals surface area contributed by atoms with Crippen molar-refractivity contribution >= 4 is 23.2 Å². The first-order valence-electron chi connectivity index (χ1n) is 5.38. The van der Waals surface area contributed by atoms with Crippen molar-refractivity contribution in [2.75, 3.05) is 11.9 Å². The molecule has 94 valence electrons. The van der Waals surface area contributed by atoms with Gasteiger partial charge in [-0.3, -0.25) is 4.79 Å². The van der Waals surface area contributed by atoms with Crippen LogP contribution in [0, 0.1) is 18.3 Å². The molecule has 1 amide bonds. The molecule has 0 fully saturated rings. The number of nitrogens with one attached hydrogen (secondary N) is 1. The first-order chi connectivity index (χ1) is 8.60. The number of carbonyl (C=O) groups excluding carboxylic acids is 1. The lowest BCUT2D eigenvalue weighted by atomic mass is 10.2. The number of nitriles is 1. The lowest BCUT2D eigenvalue weighted by molar-refractivity contribution is -0.112. The van der Waals surface area contributed by atoms with Crippen LogP contribution >= 0.6 is 11.6 Å². The number of halogens is 1. The van der Waals surface area contributed by atoms with Crippen LogP contribution in [0.1, 0.15) is 12.5 Å². The summed E-state index contributed by atoms with van der Waals surface area (Å²) in [6.07, 6.45) is 1.15. The molecule has 0 aliphatic rings. The van der Waals surface area contributed by atoms with Crippen LogP contribution in [0.15, 0.2) is 30.0 Å². The quantitative estimate of drug-likeness (QED) is 0.516. The monoisotopic (exact) mass is 264 g/mol. The summed E-state index contributed by atoms with van der Waals surface area (Å²) in [6.45, 7) is 3.95. The van der Waals surface area contributed by atoms with Crippen LogP contribution in [0.2, 0.25) is 5.02 Å². The number of carbonyl (C=O) groups is 1. The molecule has 18 heavy (non-hydrogen) atoms. The molecule has 0 aliphatic heterocycles. The van der Waals surface area contributed by atoms with Crippen LogP contribution in [0.5, 0.6) is 0 Å². The molecule has 5 heteroatoms. The Kier molecular flexibility index (Phi) is 5.22. The van der Waals surface area contributed by atoms with E-state index < -0.39 is 5.91 Å². The van der Waals surface area contributed by atoms with E-state index >= 15 is 0 Å². The zero-order valence-electron chi connectivity index (χ0n) is 10.2. The highest BCUT2D eigenvalue weighted by Crippen LogP contribution is 2.23. The van der Waals surface area contributed by atoms with Crippen LogP contribution < -0.4 is 5.32 Å². The molecular weight excluding hydrogens is 252 g/mol. The molecule has 0 saturated heterocycles. The largest absolute Gasteiger partial charge is 0.500 e. The fraction of sp³-hybridized carbons (Fsp3) is 0.231. The highest BCUT2D eigenvalue weighted by Gasteiger charge is 2.11. The van der Waals surface area contributed by atoms with Crippen LogP contribution in [0.25, 0.3) is 0 Å². The molecule has 0 atom stereocenters. The fourth-order valence-corrected chi connectivity index (χ4v) is 1.40. The Balaban J connectivity index is 2.88. The molecule has 0 heterocycles. The highest BCUT2D eigenvalue weighted by molar-refractivity contribution is 6.31. The third-order valence-corrected chi connectivity index (χ3v) is 2.66. The van der Waals surface area contributed by atoms with Gasteiger partial charge >= 0.3 is 0 Å². The number of benzene rings is 1. The number of hydrogen-bond donors (Lipinski definition) is 1. The van der Waals surface area contributed by atoms with Gasteiger partial charge in [-0.15, -0.1) is 0 Å². The topological polar surface area (TPSA) is 62.1 Å². The van der Waals surface area contributed by atoms with Gasteiger partial charge in [0.05, 0.1) is 6.61 Å². The van der Waals surface area contributed by atoms with Gasteiger partial charge in [-0.25, -0.2) is 0 Å². The Labute approximate surface area is 111 Å². The van der Waals surface area contributed by atoms with Gasteiger partial charge in [-0.2, -0.15) is 5.26 Å². The third-order valence-electron chi connectivity index (χ3n) is 2.25. The van der Waals surface area contributed by atoms with Crippen LogP contribution in [0.3, 0.4) is 0 Å². The van der Waals surface area contributed by atoms with Crippen LogP contribution in [-0.4, -0.2) is 12.5 Å². The number of rotatable bonds is 4. The van der Waals surface area contributed by atoms with E-state index in [1.165, 1.54) is 0 Å². The Morgan fingerprint density at radius 1 is 1.61 bits per heavy atom. The van der Waals surface area contributed by atoms with Crippen molar-refractivity contribution in [3.63, 3.8) is 0 Å². The molecular formula is C13H13ClN2O2. The van der Waals surface area contributed by atoms with E-state index in [-0.39, 0.29) is 5.57 Å². The van der Waals surface area contributed by atoms with E-state index in [0.29, 0.717) is 17.3 Å². The van der Waals surface area contributed by atoms with Crippen molar-refractivity contribution in [2.24, 2.45) is 0 Å². The second-order valence-corrected chi connectivity index (χ2v) is 3.87. The first kappa shape index (κ1) is 14.1. The minimum atomic E-state index is -0.517. The summed E-state index contributed by atoms with van der Waals surface area (Å²) in [6, 6.07) is 6.95. The summed E-state index contributed by atoms with van der Waals surface area (Å²) in [5.41, 5.74) is 1.24. The van der Waals surface area contributed by atoms with Crippen molar-refractivity contribution in [1.29, 1.82) is 5.26 Å². The Morgan fingerprint density at radius 3 is 2.94 bits per heavy atom. The van der Waals surface area contributed by atoms with Crippen molar-refractivity contribution in [2.45, 2.75) is 13.8 Å². The number of ether oxygens (including phenoxy) is 1. The molecule has 0 saturated carbocycles. The lowest BCUT2D eigenvalue weighted by Crippen LogP contribution is -2.14. The van der Waals surface area contributed by atoms with Gasteiger partial charge in [0.2, 0.25) is 0 Å². The Bertz CT molecular complexity index is 518. The van der Waals surface area contributed by atoms with Crippen molar-refractivity contribution in [1.82, 2.24) is 0 Å². The normalized spacial score (nSPS) is 10.7. The molecule has 0 spiro atoms. The lowest BCUT2D eigenvalue weighted by Gasteiger charge is -2.08. The molecule has 0 radical (unpaired) electrons. The van der Waals surface area contributed by atoms with Gasteiger partial charge in [0.15, 0.2) is 5.57 Å². The molecule has 1 N–H and O–H groups in total. The smallest absolute Gasteiger partial charge is 0.269 e. The molecule has 0 bridgehead atoms. The molecule has 1 rings (SSSR count). The van der Waals surface area contributed by atoms with Gasteiger partial charge in [0.1, 0.15) is 12.3 Å². The van der Waals surface area contributed by atoms with Gasteiger partial charge in [-0.05, 0) is 31.5 Å². The van der Waals surface area contributed by atoms with Crippen LogP contribution in [0.4, 0.5) is 5.69 Å². The Morgan fingerprint density at radius 2 is 2.33 bits per heavy atom. The van der Waals surface area contributed by atoms with Crippen molar-refractivity contribution in [3.05, 3.63) is 40.6 Å². The van der Waals surface area contributed by atoms with Gasteiger partial charge in [0, 0.05) is 10.7 Å². The predicted octanol–water partition coefficient (Wildman–Crippen LogP) is 3.03. The number of amides is 1. The molecule has 0 aliphatic carbocycles. The van der Waals surface area contributed by atoms with E-state index in [2.05, 4.69) is 5.32 Å². The zero-order chi connectivity index (χ0) is 13.5. The molecule has 0 unspecified atom stereocenters. The molecule has 4 nitrogen and oxygen atoms in total. The maximum absolute atomic E-state index is 11.8. The summed E-state index contributed by atoms with van der Waals surface area (Å²) in [5.74, 6) is -0.517. The zero-order valence-corrected chi connectivity index (χ0v) is 10.9. The van der Waals surface area contributed by atoms with Gasteiger partial charge in [-0.1, -0.05) is 17.7 Å². The van der Waals surface area contributed by atoms with E-state index in [1.54, 1.807) is 38.1 Å². The number of hydrogen-bond acceptors (Lipinski definition) is 3. The summed E-state index contributed by atoms with van der Waals surface area (Å²) in [7, 11) is 0. The van der Waals surface area contributed by atoms with Crippen LogP contribution in [-0.2, 0) is 9.53 Å². The van der Waals surface area contributed by atoms with E-state index in [4.69, 9.17) is 21.6 Å². The van der Waals surface area contributed by atoms with E-state index in [1.807, 2.05) is 0 Å². The fourth-order valence-electron chi connectivity index (χ4n) is 1.23. The highest BCUT2D eigenvalue weighted by atomic mass is 35.5. The number of nitrogens with zero attached hydrogens (tertiary/aromatic N) is 1. The van der Waals surface area contributed by atoms with Crippen molar-refractivity contribution < 1.29 is 9.53 Å². The first-order valence-corrected chi connectivity index (χ1v) is 5.76. The van der Waals surface area contributed by atoms with Gasteiger partial charge < -0.3 is 10.1 Å². The molecule has 1 aromatic rings. The van der Waals surface area contributed by atoms with E-state index in [0.717, 1.165) is 11.8 Å². The predicted molar refractivity (Wildman–Crippen MR) is 70.1 cm³/mol. The summed E-state index contributed by atoms with van der Waals surface area (Å²) in [4.78, 5) is 11.8. The standard InChI is InChI=1S/C13H13ClN2O2/c1-3-18-8-10(7-15)13(17)16-12-6-4-5-11(14)9(12)2/h4-6,8H,3H2,1-2H3,(H,16,17)/b10-8+. The van der Waals surface area contributed by atoms with E-state index in [9.17, 15) is 4.79 Å². The van der Waals surface area contributed by atoms with Crippen molar-refractivity contribution in [3.8, 4) is 6.07 Å². The summed E-state index contributed by atoms with van der Waals surface area (Å²) < 4.78 is 4.93. The summed E-state index contributed by atoms with van der Waals surface area (Å²) in [5, 5.41) is 12.0. The average molecular weight is 265 g/mol. The summed E-state index contributed by atoms with van der Waals surface area (Å²) >= 11 is 5.94. The third kappa shape index (κ3) is 3.51. The average Bonchev–Trinajstić information content (AvgIpc) is 2.36. The minimum Gasteiger partial charge on any atom is -0.500 e. The Hall–Kier alpha value is -1.99. The maximum Gasteiger partial charge on any atom is 0.269 e. The number of anilines is 1. The molecule has 0 aromatic heterocycles.